The van der Waals surface area contributed by atoms with Gasteiger partial charge in [-0.3, -0.25) is 4.90 Å². The fourth-order valence-corrected chi connectivity index (χ4v) is 2.14. The molecule has 0 aliphatic heterocycles. The van der Waals surface area contributed by atoms with Gasteiger partial charge in [0.2, 0.25) is 0 Å². The van der Waals surface area contributed by atoms with E-state index in [1.54, 1.807) is 0 Å². The van der Waals surface area contributed by atoms with E-state index in [2.05, 4.69) is 72.9 Å². The zero-order chi connectivity index (χ0) is 13.1. The number of hydrogen-bond donors (Lipinski definition) is 1. The van der Waals surface area contributed by atoms with Crippen LogP contribution in [-0.4, -0.2) is 24.0 Å². The SMILES string of the molecule is CC(C)C(C)(CN)N(C)Cc1ccc(Br)cc1. The summed E-state index contributed by atoms with van der Waals surface area (Å²) < 4.78 is 1.12. The number of nitrogens with two attached hydrogens (primary N) is 1. The van der Waals surface area contributed by atoms with Gasteiger partial charge in [0.15, 0.2) is 0 Å². The Morgan fingerprint density at radius 1 is 1.29 bits per heavy atom. The first-order chi connectivity index (χ1) is 7.90. The summed E-state index contributed by atoms with van der Waals surface area (Å²) in [5.41, 5.74) is 7.30. The maximum atomic E-state index is 5.94. The number of nitrogens with zero attached hydrogens (tertiary/aromatic N) is 1. The number of benzene rings is 1. The molecular weight excluding hydrogens is 276 g/mol. The second kappa shape index (κ2) is 5.98. The van der Waals surface area contributed by atoms with Crippen molar-refractivity contribution in [3.05, 3.63) is 34.3 Å². The molecule has 0 aromatic heterocycles. The second-order valence-corrected chi connectivity index (χ2v) is 6.11. The largest absolute Gasteiger partial charge is 0.329 e. The van der Waals surface area contributed by atoms with Crippen molar-refractivity contribution in [1.82, 2.24) is 4.90 Å². The Kier molecular flexibility index (Phi) is 5.17. The Labute approximate surface area is 113 Å². The lowest BCUT2D eigenvalue weighted by Gasteiger charge is -2.41. The van der Waals surface area contributed by atoms with Crippen LogP contribution in [0.1, 0.15) is 26.3 Å². The fraction of sp³-hybridized carbons (Fsp3) is 0.571. The zero-order valence-electron chi connectivity index (χ0n) is 11.2. The van der Waals surface area contributed by atoms with Crippen LogP contribution in [-0.2, 0) is 6.54 Å². The second-order valence-electron chi connectivity index (χ2n) is 5.20. The first-order valence-corrected chi connectivity index (χ1v) is 6.85. The van der Waals surface area contributed by atoms with Gasteiger partial charge in [0, 0.05) is 23.1 Å². The van der Waals surface area contributed by atoms with Crippen molar-refractivity contribution in [2.24, 2.45) is 11.7 Å². The summed E-state index contributed by atoms with van der Waals surface area (Å²) in [6.07, 6.45) is 0. The lowest BCUT2D eigenvalue weighted by molar-refractivity contribution is 0.0878. The normalized spacial score (nSPS) is 15.3. The van der Waals surface area contributed by atoms with Crippen LogP contribution in [0.4, 0.5) is 0 Å². The molecule has 1 atom stereocenters. The summed E-state index contributed by atoms with van der Waals surface area (Å²) >= 11 is 3.45. The molecule has 0 amide bonds. The minimum Gasteiger partial charge on any atom is -0.329 e. The molecule has 0 spiro atoms. The predicted octanol–water partition coefficient (Wildman–Crippen LogP) is 3.25. The highest BCUT2D eigenvalue weighted by atomic mass is 79.9. The fourth-order valence-electron chi connectivity index (χ4n) is 1.88. The van der Waals surface area contributed by atoms with Gasteiger partial charge in [-0.05, 0) is 37.6 Å². The molecule has 2 nitrogen and oxygen atoms in total. The van der Waals surface area contributed by atoms with E-state index >= 15 is 0 Å². The Morgan fingerprint density at radius 2 is 1.82 bits per heavy atom. The highest BCUT2D eigenvalue weighted by molar-refractivity contribution is 9.10. The van der Waals surface area contributed by atoms with Gasteiger partial charge in [0.05, 0.1) is 0 Å². The van der Waals surface area contributed by atoms with Crippen molar-refractivity contribution in [3.8, 4) is 0 Å². The smallest absolute Gasteiger partial charge is 0.0326 e. The molecule has 96 valence electrons. The number of hydrogen-bond acceptors (Lipinski definition) is 2. The molecule has 1 rings (SSSR count). The number of halogens is 1. The number of rotatable bonds is 5. The predicted molar refractivity (Wildman–Crippen MR) is 77.9 cm³/mol. The van der Waals surface area contributed by atoms with E-state index in [0.717, 1.165) is 11.0 Å². The van der Waals surface area contributed by atoms with Gasteiger partial charge >= 0.3 is 0 Å². The molecule has 0 saturated heterocycles. The molecule has 0 aliphatic rings. The Morgan fingerprint density at radius 3 is 2.24 bits per heavy atom. The highest BCUT2D eigenvalue weighted by Crippen LogP contribution is 2.24. The third kappa shape index (κ3) is 3.54. The summed E-state index contributed by atoms with van der Waals surface area (Å²) in [4.78, 5) is 2.35. The average molecular weight is 299 g/mol. The van der Waals surface area contributed by atoms with Gasteiger partial charge in [-0.15, -0.1) is 0 Å². The van der Waals surface area contributed by atoms with E-state index in [9.17, 15) is 0 Å². The van der Waals surface area contributed by atoms with Gasteiger partial charge in [-0.2, -0.15) is 0 Å². The molecule has 3 heteroatoms. The van der Waals surface area contributed by atoms with Crippen LogP contribution < -0.4 is 5.73 Å². The molecule has 1 aromatic carbocycles. The summed E-state index contributed by atoms with van der Waals surface area (Å²) in [6, 6.07) is 8.46. The van der Waals surface area contributed by atoms with Crippen molar-refractivity contribution in [2.75, 3.05) is 13.6 Å². The molecule has 0 bridgehead atoms. The van der Waals surface area contributed by atoms with E-state index in [0.29, 0.717) is 12.5 Å². The van der Waals surface area contributed by atoms with Crippen molar-refractivity contribution >= 4 is 15.9 Å². The summed E-state index contributed by atoms with van der Waals surface area (Å²) in [5, 5.41) is 0. The minimum absolute atomic E-state index is 0.0487. The van der Waals surface area contributed by atoms with Crippen molar-refractivity contribution in [2.45, 2.75) is 32.9 Å². The first kappa shape index (κ1) is 14.7. The maximum absolute atomic E-state index is 5.94. The molecule has 1 aromatic rings. The van der Waals surface area contributed by atoms with Crippen LogP contribution in [0.5, 0.6) is 0 Å². The molecule has 0 aliphatic carbocycles. The van der Waals surface area contributed by atoms with Crippen molar-refractivity contribution in [1.29, 1.82) is 0 Å². The lowest BCUT2D eigenvalue weighted by Crippen LogP contribution is -2.53. The highest BCUT2D eigenvalue weighted by Gasteiger charge is 2.31. The third-order valence-electron chi connectivity index (χ3n) is 3.86. The minimum atomic E-state index is 0.0487. The van der Waals surface area contributed by atoms with E-state index in [4.69, 9.17) is 5.73 Å². The van der Waals surface area contributed by atoms with Crippen LogP contribution >= 0.6 is 15.9 Å². The summed E-state index contributed by atoms with van der Waals surface area (Å²) in [6.45, 7) is 8.29. The third-order valence-corrected chi connectivity index (χ3v) is 4.39. The topological polar surface area (TPSA) is 29.3 Å². The standard InChI is InChI=1S/C14H23BrN2/c1-11(2)14(3,10-16)17(4)9-12-5-7-13(15)8-6-12/h5-8,11H,9-10,16H2,1-4H3. The quantitative estimate of drug-likeness (QED) is 0.904. The first-order valence-electron chi connectivity index (χ1n) is 6.06. The zero-order valence-corrected chi connectivity index (χ0v) is 12.8. The lowest BCUT2D eigenvalue weighted by atomic mass is 9.86. The van der Waals surface area contributed by atoms with Crippen LogP contribution in [0.3, 0.4) is 0 Å². The van der Waals surface area contributed by atoms with E-state index < -0.39 is 0 Å². The Bertz CT molecular complexity index is 348. The van der Waals surface area contributed by atoms with Crippen molar-refractivity contribution in [3.63, 3.8) is 0 Å². The molecule has 0 fully saturated rings. The van der Waals surface area contributed by atoms with Crippen LogP contribution in [0.15, 0.2) is 28.7 Å². The van der Waals surface area contributed by atoms with Gasteiger partial charge in [-0.25, -0.2) is 0 Å². The Balaban J connectivity index is 2.77. The van der Waals surface area contributed by atoms with Gasteiger partial charge in [0.1, 0.15) is 0 Å². The molecule has 0 radical (unpaired) electrons. The average Bonchev–Trinajstić information content (AvgIpc) is 2.30. The van der Waals surface area contributed by atoms with Gasteiger partial charge in [0.25, 0.3) is 0 Å². The molecule has 0 saturated carbocycles. The molecule has 0 heterocycles. The number of likely N-dealkylation sites (N-methyl/N-ethyl adjacent to an activating group) is 1. The van der Waals surface area contributed by atoms with Crippen LogP contribution in [0.2, 0.25) is 0 Å². The monoisotopic (exact) mass is 298 g/mol. The maximum Gasteiger partial charge on any atom is 0.0326 e. The van der Waals surface area contributed by atoms with E-state index in [1.165, 1.54) is 5.56 Å². The summed E-state index contributed by atoms with van der Waals surface area (Å²) in [7, 11) is 2.15. The van der Waals surface area contributed by atoms with Crippen molar-refractivity contribution < 1.29 is 0 Å². The van der Waals surface area contributed by atoms with Crippen LogP contribution in [0.25, 0.3) is 0 Å². The van der Waals surface area contributed by atoms with Gasteiger partial charge < -0.3 is 5.73 Å². The van der Waals surface area contributed by atoms with E-state index in [1.807, 2.05) is 0 Å². The molecule has 1 unspecified atom stereocenters. The molecule has 2 N–H and O–H groups in total. The molecule has 17 heavy (non-hydrogen) atoms. The van der Waals surface area contributed by atoms with Crippen LogP contribution in [0, 0.1) is 5.92 Å². The molecular formula is C14H23BrN2. The van der Waals surface area contributed by atoms with Gasteiger partial charge in [-0.1, -0.05) is 41.9 Å². The van der Waals surface area contributed by atoms with E-state index in [-0.39, 0.29) is 5.54 Å². The Hall–Kier alpha value is -0.380. The summed E-state index contributed by atoms with van der Waals surface area (Å²) in [5.74, 6) is 0.535.